The molecule has 0 bridgehead atoms. The molecular formula is C28H32O16. The Bertz CT molecular complexity index is 1540. The third-order valence-electron chi connectivity index (χ3n) is 7.52. The molecule has 16 heteroatoms. The smallest absolute Gasteiger partial charge is 0.239 e. The van der Waals surface area contributed by atoms with Gasteiger partial charge < -0.3 is 74.1 Å². The Hall–Kier alpha value is -3.71. The maximum Gasteiger partial charge on any atom is 0.239 e. The first-order valence-electron chi connectivity index (χ1n) is 13.4. The van der Waals surface area contributed by atoms with Crippen molar-refractivity contribution in [3.63, 3.8) is 0 Å². The molecule has 0 spiro atoms. The fourth-order valence-electron chi connectivity index (χ4n) is 5.01. The van der Waals surface area contributed by atoms with Crippen LogP contribution in [0.2, 0.25) is 0 Å². The van der Waals surface area contributed by atoms with Gasteiger partial charge in [-0.2, -0.15) is 0 Å². The molecule has 0 unspecified atom stereocenters. The van der Waals surface area contributed by atoms with Crippen molar-refractivity contribution in [2.75, 3.05) is 13.7 Å². The normalized spacial score (nSPS) is 32.5. The van der Waals surface area contributed by atoms with Gasteiger partial charge in [0, 0.05) is 11.6 Å². The van der Waals surface area contributed by atoms with Crippen LogP contribution in [-0.2, 0) is 14.2 Å². The molecule has 5 rings (SSSR count). The monoisotopic (exact) mass is 624 g/mol. The van der Waals surface area contributed by atoms with Gasteiger partial charge in [0.15, 0.2) is 23.5 Å². The Labute approximate surface area is 248 Å². The van der Waals surface area contributed by atoms with Crippen LogP contribution in [0.1, 0.15) is 6.92 Å². The minimum Gasteiger partial charge on any atom is -0.508 e. The zero-order chi connectivity index (χ0) is 32.0. The third kappa shape index (κ3) is 5.63. The van der Waals surface area contributed by atoms with Gasteiger partial charge in [-0.15, -0.1) is 0 Å². The lowest BCUT2D eigenvalue weighted by Gasteiger charge is -2.42. The number of hydrogen-bond acceptors (Lipinski definition) is 16. The summed E-state index contributed by atoms with van der Waals surface area (Å²) in [6.07, 6.45) is -16.0. The maximum absolute atomic E-state index is 13.8. The highest BCUT2D eigenvalue weighted by Gasteiger charge is 2.48. The zero-order valence-electron chi connectivity index (χ0n) is 23.3. The summed E-state index contributed by atoms with van der Waals surface area (Å²) in [4.78, 5) is 13.8. The minimum atomic E-state index is -1.94. The topological polar surface area (TPSA) is 258 Å². The number of aliphatic hydroxyl groups is 6. The lowest BCUT2D eigenvalue weighted by atomic mass is 9.98. The number of aliphatic hydroxyl groups excluding tert-OH is 6. The number of ether oxygens (including phenoxy) is 5. The van der Waals surface area contributed by atoms with E-state index < -0.39 is 102 Å². The standard InChI is InChI=1S/C28H32O16/c1-9-16(31)20(35)22(37)27(41-9)40-8-14-17(32)21(36)23(38)28(43-14)44-26-19(34)15-13(7-12(30)25(39-2)18(15)33)42-24(26)10-3-5-11(29)6-4-10/h3-7,9,14,16-17,20-23,27-33,35-38H,8H2,1-2H3/t9-,14+,16-,17+,20+,21-,22+,23+,27+,28-/m1/s1. The molecule has 0 aliphatic carbocycles. The lowest BCUT2D eigenvalue weighted by Crippen LogP contribution is -2.61. The van der Waals surface area contributed by atoms with E-state index in [-0.39, 0.29) is 22.7 Å². The Morgan fingerprint density at radius 2 is 1.43 bits per heavy atom. The summed E-state index contributed by atoms with van der Waals surface area (Å²) in [5.74, 6) is -2.78. The van der Waals surface area contributed by atoms with Crippen LogP contribution >= 0.6 is 0 Å². The molecule has 1 aromatic heterocycles. The van der Waals surface area contributed by atoms with Crippen LogP contribution in [0.4, 0.5) is 0 Å². The number of rotatable bonds is 7. The first-order valence-corrected chi connectivity index (χ1v) is 13.4. The summed E-state index contributed by atoms with van der Waals surface area (Å²) in [7, 11) is 1.15. The van der Waals surface area contributed by atoms with E-state index in [1.807, 2.05) is 0 Å². The molecule has 16 nitrogen and oxygen atoms in total. The zero-order valence-corrected chi connectivity index (χ0v) is 23.3. The van der Waals surface area contributed by atoms with E-state index in [2.05, 4.69) is 0 Å². The Morgan fingerprint density at radius 1 is 0.795 bits per heavy atom. The molecule has 0 saturated carbocycles. The number of hydrogen-bond donors (Lipinski definition) is 9. The second-order valence-corrected chi connectivity index (χ2v) is 10.4. The first-order chi connectivity index (χ1) is 20.8. The molecule has 240 valence electrons. The molecule has 2 aliphatic rings. The quantitative estimate of drug-likeness (QED) is 0.147. The summed E-state index contributed by atoms with van der Waals surface area (Å²) in [5, 5.41) is 92.3. The highest BCUT2D eigenvalue weighted by molar-refractivity contribution is 5.91. The minimum absolute atomic E-state index is 0.117. The van der Waals surface area contributed by atoms with Crippen LogP contribution in [-0.4, -0.2) is 121 Å². The van der Waals surface area contributed by atoms with Crippen molar-refractivity contribution in [1.82, 2.24) is 0 Å². The maximum atomic E-state index is 13.8. The third-order valence-corrected chi connectivity index (χ3v) is 7.52. The fourth-order valence-corrected chi connectivity index (χ4v) is 5.01. The number of methoxy groups -OCH3 is 1. The predicted molar refractivity (Wildman–Crippen MR) is 145 cm³/mol. The average Bonchev–Trinajstić information content (AvgIpc) is 2.99. The number of phenolic OH excluding ortho intramolecular Hbond substituents is 3. The first kappa shape index (κ1) is 31.7. The highest BCUT2D eigenvalue weighted by atomic mass is 16.7. The van der Waals surface area contributed by atoms with E-state index in [1.54, 1.807) is 0 Å². The van der Waals surface area contributed by atoms with Crippen molar-refractivity contribution < 1.29 is 74.1 Å². The van der Waals surface area contributed by atoms with Crippen LogP contribution in [0.3, 0.4) is 0 Å². The molecule has 2 saturated heterocycles. The van der Waals surface area contributed by atoms with Crippen molar-refractivity contribution in [3.05, 3.63) is 40.6 Å². The second-order valence-electron chi connectivity index (χ2n) is 10.4. The van der Waals surface area contributed by atoms with E-state index in [0.717, 1.165) is 13.2 Å². The van der Waals surface area contributed by atoms with Gasteiger partial charge in [0.05, 0.1) is 19.8 Å². The van der Waals surface area contributed by atoms with Gasteiger partial charge in [-0.3, -0.25) is 4.79 Å². The molecule has 2 fully saturated rings. The van der Waals surface area contributed by atoms with E-state index in [9.17, 15) is 50.8 Å². The van der Waals surface area contributed by atoms with Gasteiger partial charge in [0.25, 0.3) is 0 Å². The summed E-state index contributed by atoms with van der Waals surface area (Å²) in [5.41, 5.74) is -1.11. The molecule has 9 N–H and O–H groups in total. The van der Waals surface area contributed by atoms with E-state index >= 15 is 0 Å². The molecule has 2 aromatic carbocycles. The van der Waals surface area contributed by atoms with Crippen LogP contribution in [0.5, 0.6) is 28.7 Å². The molecule has 0 radical (unpaired) electrons. The van der Waals surface area contributed by atoms with Gasteiger partial charge in [-0.25, -0.2) is 0 Å². The van der Waals surface area contributed by atoms with Crippen LogP contribution in [0, 0.1) is 0 Å². The lowest BCUT2D eigenvalue weighted by molar-refractivity contribution is -0.318. The van der Waals surface area contributed by atoms with Crippen LogP contribution in [0.15, 0.2) is 39.5 Å². The summed E-state index contributed by atoms with van der Waals surface area (Å²) >= 11 is 0. The van der Waals surface area contributed by atoms with Crippen molar-refractivity contribution in [2.24, 2.45) is 0 Å². The second kappa shape index (κ2) is 12.4. The fraction of sp³-hybridized carbons (Fsp3) is 0.464. The van der Waals surface area contributed by atoms with Crippen LogP contribution < -0.4 is 14.9 Å². The number of aromatic hydroxyl groups is 3. The molecule has 3 heterocycles. The van der Waals surface area contributed by atoms with E-state index in [4.69, 9.17) is 28.1 Å². The van der Waals surface area contributed by atoms with Crippen molar-refractivity contribution in [3.8, 4) is 40.1 Å². The predicted octanol–water partition coefficient (Wildman–Crippen LogP) is -1.38. The summed E-state index contributed by atoms with van der Waals surface area (Å²) in [6, 6.07) is 6.32. The van der Waals surface area contributed by atoms with E-state index in [1.165, 1.54) is 31.2 Å². The van der Waals surface area contributed by atoms with Gasteiger partial charge in [-0.1, -0.05) is 0 Å². The summed E-state index contributed by atoms with van der Waals surface area (Å²) < 4.78 is 33.0. The highest BCUT2D eigenvalue weighted by Crippen LogP contribution is 2.43. The number of benzene rings is 2. The van der Waals surface area contributed by atoms with Crippen LogP contribution in [0.25, 0.3) is 22.3 Å². The SMILES string of the molecule is COc1c(O)cc2oc(-c3ccc(O)cc3)c(O[C@H]3O[C@@H](CO[C@H]4O[C@H](C)[C@@H](O)[C@H](O)[C@@H]4O)[C@H](O)[C@@H](O)[C@@H]3O)c(=O)c2c1O. The number of fused-ring (bicyclic) bond motifs is 1. The van der Waals surface area contributed by atoms with E-state index in [0.29, 0.717) is 0 Å². The van der Waals surface area contributed by atoms with Crippen molar-refractivity contribution >= 4 is 11.0 Å². The molecule has 3 aromatic rings. The molecular weight excluding hydrogens is 592 g/mol. The Kier molecular flexibility index (Phi) is 8.90. The van der Waals surface area contributed by atoms with Crippen molar-refractivity contribution in [2.45, 2.75) is 68.3 Å². The van der Waals surface area contributed by atoms with Gasteiger partial charge in [0.1, 0.15) is 59.4 Å². The van der Waals surface area contributed by atoms with Crippen molar-refractivity contribution in [1.29, 1.82) is 0 Å². The largest absolute Gasteiger partial charge is 0.508 e. The Morgan fingerprint density at radius 3 is 2.09 bits per heavy atom. The molecule has 44 heavy (non-hydrogen) atoms. The molecule has 2 aliphatic heterocycles. The Balaban J connectivity index is 1.49. The average molecular weight is 625 g/mol. The van der Waals surface area contributed by atoms with Gasteiger partial charge in [0.2, 0.25) is 23.2 Å². The summed E-state index contributed by atoms with van der Waals surface area (Å²) in [6.45, 7) is 0.845. The van der Waals surface area contributed by atoms with Gasteiger partial charge in [-0.05, 0) is 31.2 Å². The van der Waals surface area contributed by atoms with Gasteiger partial charge >= 0.3 is 0 Å². The molecule has 10 atom stereocenters. The molecule has 0 amide bonds. The number of phenols is 3.